The average Bonchev–Trinajstić information content (AvgIpc) is 3.87. The molecule has 0 N–H and O–H groups in total. The van der Waals surface area contributed by atoms with Gasteiger partial charge in [0.15, 0.2) is 0 Å². The predicted molar refractivity (Wildman–Crippen MR) is 230 cm³/mol. The van der Waals surface area contributed by atoms with Gasteiger partial charge in [-0.15, -0.1) is 0 Å². The van der Waals surface area contributed by atoms with Gasteiger partial charge in [-0.2, -0.15) is 0 Å². The van der Waals surface area contributed by atoms with E-state index >= 15 is 0 Å². The third kappa shape index (κ3) is 4.38. The molecule has 0 atom stereocenters. The Bertz CT molecular complexity index is 3090. The molecule has 2 aliphatic rings. The zero-order valence-electron chi connectivity index (χ0n) is 32.5. The van der Waals surface area contributed by atoms with Crippen molar-refractivity contribution in [2.24, 2.45) is 0 Å². The molecule has 0 radical (unpaired) electrons. The first kappa shape index (κ1) is 32.4. The van der Waals surface area contributed by atoms with Gasteiger partial charge in [-0.05, 0) is 116 Å². The molecule has 0 saturated carbocycles. The highest BCUT2D eigenvalue weighted by molar-refractivity contribution is 6.12. The lowest BCUT2D eigenvalue weighted by Gasteiger charge is -2.33. The maximum absolute atomic E-state index is 6.59. The first-order valence-electron chi connectivity index (χ1n) is 19.5. The standard InChI is InChI=1S/C52H43NO2/c1-50(2,3)30-19-24-45-39(27-30)47-46(55-45)26-23-37-36-15-12-17-42(48(36)52(6,7)49(37)47)53(31-21-25-44-38(28-31)35-14-9-11-18-43(35)54-44)32-20-22-34-33-13-8-10-16-40(33)51(4,5)41(34)29-32/h8-29H,1-7H3. The maximum atomic E-state index is 6.59. The van der Waals surface area contributed by atoms with Gasteiger partial charge in [0.25, 0.3) is 0 Å². The number of fused-ring (bicyclic) bond motifs is 13. The highest BCUT2D eigenvalue weighted by atomic mass is 16.3. The molecular formula is C52H43NO2. The van der Waals surface area contributed by atoms with E-state index in [1.54, 1.807) is 0 Å². The lowest BCUT2D eigenvalue weighted by molar-refractivity contribution is 0.590. The molecule has 3 heteroatoms. The Hall–Kier alpha value is -6.06. The van der Waals surface area contributed by atoms with Crippen LogP contribution in [0.5, 0.6) is 0 Å². The third-order valence-electron chi connectivity index (χ3n) is 12.8. The molecule has 0 bridgehead atoms. The van der Waals surface area contributed by atoms with Crippen molar-refractivity contribution in [1.29, 1.82) is 0 Å². The molecule has 2 aliphatic carbocycles. The van der Waals surface area contributed by atoms with Crippen LogP contribution in [0.1, 0.15) is 76.3 Å². The van der Waals surface area contributed by atoms with Crippen LogP contribution in [0.25, 0.3) is 66.1 Å². The Morgan fingerprint density at radius 3 is 1.93 bits per heavy atom. The molecule has 0 saturated heterocycles. The molecule has 11 rings (SSSR count). The number of benzene rings is 7. The van der Waals surface area contributed by atoms with Gasteiger partial charge >= 0.3 is 0 Å². The number of rotatable bonds is 3. The molecule has 0 unspecified atom stereocenters. The fourth-order valence-corrected chi connectivity index (χ4v) is 10.1. The van der Waals surface area contributed by atoms with Crippen LogP contribution < -0.4 is 4.90 Å². The highest BCUT2D eigenvalue weighted by Gasteiger charge is 2.42. The van der Waals surface area contributed by atoms with Crippen molar-refractivity contribution in [2.45, 2.75) is 64.7 Å². The summed E-state index contributed by atoms with van der Waals surface area (Å²) < 4.78 is 12.9. The molecule has 0 spiro atoms. The molecular weight excluding hydrogens is 671 g/mol. The zero-order valence-corrected chi connectivity index (χ0v) is 32.5. The fourth-order valence-electron chi connectivity index (χ4n) is 10.1. The van der Waals surface area contributed by atoms with E-state index in [9.17, 15) is 0 Å². The van der Waals surface area contributed by atoms with Gasteiger partial charge in [0.1, 0.15) is 22.3 Å². The quantitative estimate of drug-likeness (QED) is 0.183. The van der Waals surface area contributed by atoms with Gasteiger partial charge in [0.05, 0.1) is 5.69 Å². The summed E-state index contributed by atoms with van der Waals surface area (Å²) in [6, 6.07) is 49.1. The molecule has 0 aliphatic heterocycles. The minimum atomic E-state index is -0.341. The summed E-state index contributed by atoms with van der Waals surface area (Å²) in [5.74, 6) is 0. The van der Waals surface area contributed by atoms with Crippen LogP contribution in [-0.2, 0) is 16.2 Å². The molecule has 0 fully saturated rings. The number of anilines is 3. The van der Waals surface area contributed by atoms with Gasteiger partial charge in [-0.1, -0.05) is 121 Å². The Morgan fingerprint density at radius 1 is 0.455 bits per heavy atom. The second-order valence-corrected chi connectivity index (χ2v) is 17.8. The monoisotopic (exact) mass is 713 g/mol. The van der Waals surface area contributed by atoms with E-state index < -0.39 is 0 Å². The van der Waals surface area contributed by atoms with Crippen LogP contribution in [-0.4, -0.2) is 0 Å². The number of para-hydroxylation sites is 1. The minimum Gasteiger partial charge on any atom is -0.456 e. The van der Waals surface area contributed by atoms with Crippen molar-refractivity contribution in [3.63, 3.8) is 0 Å². The van der Waals surface area contributed by atoms with Crippen molar-refractivity contribution in [3.8, 4) is 22.3 Å². The molecule has 9 aromatic rings. The first-order valence-corrected chi connectivity index (χ1v) is 19.5. The summed E-state index contributed by atoms with van der Waals surface area (Å²) in [5, 5.41) is 4.65. The fraction of sp³-hybridized carbons (Fsp3) is 0.192. The van der Waals surface area contributed by atoms with Crippen LogP contribution in [0.4, 0.5) is 17.1 Å². The van der Waals surface area contributed by atoms with Gasteiger partial charge in [0.2, 0.25) is 0 Å². The van der Waals surface area contributed by atoms with Gasteiger partial charge in [0, 0.05) is 43.7 Å². The minimum absolute atomic E-state index is 0.0229. The van der Waals surface area contributed by atoms with E-state index in [2.05, 4.69) is 181 Å². The van der Waals surface area contributed by atoms with Crippen molar-refractivity contribution in [3.05, 3.63) is 161 Å². The van der Waals surface area contributed by atoms with Crippen molar-refractivity contribution in [1.82, 2.24) is 0 Å². The second-order valence-electron chi connectivity index (χ2n) is 17.8. The van der Waals surface area contributed by atoms with E-state index in [-0.39, 0.29) is 16.2 Å². The van der Waals surface area contributed by atoms with Gasteiger partial charge in [-0.25, -0.2) is 0 Å². The Kier molecular flexibility index (Phi) is 6.35. The molecule has 268 valence electrons. The summed E-state index contributed by atoms with van der Waals surface area (Å²) in [7, 11) is 0. The van der Waals surface area contributed by atoms with Crippen LogP contribution in [0.15, 0.2) is 142 Å². The molecule has 2 aromatic heterocycles. The second kappa shape index (κ2) is 10.8. The summed E-state index contributed by atoms with van der Waals surface area (Å²) in [5.41, 5.74) is 18.5. The van der Waals surface area contributed by atoms with E-state index in [4.69, 9.17) is 8.83 Å². The van der Waals surface area contributed by atoms with E-state index in [0.29, 0.717) is 0 Å². The number of nitrogens with zero attached hydrogens (tertiary/aromatic N) is 1. The van der Waals surface area contributed by atoms with E-state index in [1.807, 2.05) is 6.07 Å². The lowest BCUT2D eigenvalue weighted by atomic mass is 9.79. The normalized spacial score (nSPS) is 15.1. The van der Waals surface area contributed by atoms with Gasteiger partial charge < -0.3 is 13.7 Å². The first-order chi connectivity index (χ1) is 26.4. The number of hydrogen-bond acceptors (Lipinski definition) is 3. The number of hydrogen-bond donors (Lipinski definition) is 0. The van der Waals surface area contributed by atoms with Gasteiger partial charge in [-0.3, -0.25) is 0 Å². The molecule has 55 heavy (non-hydrogen) atoms. The van der Waals surface area contributed by atoms with Crippen LogP contribution in [0.3, 0.4) is 0 Å². The highest BCUT2D eigenvalue weighted by Crippen LogP contribution is 2.58. The maximum Gasteiger partial charge on any atom is 0.135 e. The Morgan fingerprint density at radius 2 is 1.07 bits per heavy atom. The summed E-state index contributed by atoms with van der Waals surface area (Å²) in [6.07, 6.45) is 0. The third-order valence-corrected chi connectivity index (χ3v) is 12.8. The number of furan rings is 2. The summed E-state index contributed by atoms with van der Waals surface area (Å²) in [4.78, 5) is 2.50. The van der Waals surface area contributed by atoms with Crippen molar-refractivity contribution >= 4 is 60.9 Å². The summed E-state index contributed by atoms with van der Waals surface area (Å²) in [6.45, 7) is 16.4. The van der Waals surface area contributed by atoms with Crippen LogP contribution >= 0.6 is 0 Å². The van der Waals surface area contributed by atoms with Crippen molar-refractivity contribution in [2.75, 3.05) is 4.90 Å². The smallest absolute Gasteiger partial charge is 0.135 e. The van der Waals surface area contributed by atoms with Crippen molar-refractivity contribution < 1.29 is 8.83 Å². The summed E-state index contributed by atoms with van der Waals surface area (Å²) >= 11 is 0. The Labute approximate surface area is 321 Å². The zero-order chi connectivity index (χ0) is 37.6. The van der Waals surface area contributed by atoms with Crippen LogP contribution in [0.2, 0.25) is 0 Å². The SMILES string of the molecule is CC(C)(C)c1ccc2oc3ccc4c(c3c2c1)C(C)(C)c1c-4cccc1N(c1ccc2c(c1)C(C)(C)c1ccccc1-2)c1ccc2oc3ccccc3c2c1. The predicted octanol–water partition coefficient (Wildman–Crippen LogP) is 14.9. The largest absolute Gasteiger partial charge is 0.456 e. The Balaban J connectivity index is 1.17. The lowest BCUT2D eigenvalue weighted by Crippen LogP contribution is -2.21. The molecule has 3 nitrogen and oxygen atoms in total. The molecule has 2 heterocycles. The molecule has 0 amide bonds. The van der Waals surface area contributed by atoms with Crippen LogP contribution in [0, 0.1) is 0 Å². The topological polar surface area (TPSA) is 29.5 Å². The molecule has 7 aromatic carbocycles. The van der Waals surface area contributed by atoms with E-state index in [1.165, 1.54) is 66.5 Å². The van der Waals surface area contributed by atoms with E-state index in [0.717, 1.165) is 44.5 Å². The average molecular weight is 714 g/mol.